The van der Waals surface area contributed by atoms with Gasteiger partial charge >= 0.3 is 0 Å². The van der Waals surface area contributed by atoms with Gasteiger partial charge in [-0.15, -0.1) is 0 Å². The van der Waals surface area contributed by atoms with Crippen molar-refractivity contribution in [3.05, 3.63) is 76.5 Å². The van der Waals surface area contributed by atoms with Crippen molar-refractivity contribution in [2.45, 2.75) is 19.8 Å². The topological polar surface area (TPSA) is 77.8 Å². The Bertz CT molecular complexity index is 1290. The number of hydrogen-bond acceptors (Lipinski definition) is 5. The number of methoxy groups -OCH3 is 1. The molecule has 158 valence electrons. The van der Waals surface area contributed by atoms with E-state index in [0.29, 0.717) is 45.5 Å². The van der Waals surface area contributed by atoms with Crippen LogP contribution in [0.15, 0.2) is 69.9 Å². The van der Waals surface area contributed by atoms with Crippen LogP contribution in [0.3, 0.4) is 0 Å². The Hall–Kier alpha value is -3.80. The van der Waals surface area contributed by atoms with Crippen molar-refractivity contribution < 1.29 is 18.7 Å². The van der Waals surface area contributed by atoms with Gasteiger partial charge < -0.3 is 19.2 Å². The number of amides is 1. The summed E-state index contributed by atoms with van der Waals surface area (Å²) in [5.41, 5.74) is 1.64. The van der Waals surface area contributed by atoms with Gasteiger partial charge in [-0.05, 0) is 55.0 Å². The van der Waals surface area contributed by atoms with Gasteiger partial charge in [0.15, 0.2) is 11.3 Å². The highest BCUT2D eigenvalue weighted by Gasteiger charge is 2.13. The molecule has 6 nitrogen and oxygen atoms in total. The molecule has 0 saturated heterocycles. The van der Waals surface area contributed by atoms with Gasteiger partial charge in [0.05, 0.1) is 24.5 Å². The maximum Gasteiger partial charge on any atom is 0.255 e. The first-order valence-electron chi connectivity index (χ1n) is 10.2. The molecule has 0 bridgehead atoms. The van der Waals surface area contributed by atoms with Crippen molar-refractivity contribution in [2.24, 2.45) is 0 Å². The van der Waals surface area contributed by atoms with E-state index in [4.69, 9.17) is 13.9 Å². The molecular weight excluding hydrogens is 394 g/mol. The summed E-state index contributed by atoms with van der Waals surface area (Å²) in [5, 5.41) is 3.73. The van der Waals surface area contributed by atoms with Gasteiger partial charge in [0.1, 0.15) is 11.3 Å². The Kier molecular flexibility index (Phi) is 5.89. The zero-order valence-corrected chi connectivity index (χ0v) is 17.4. The molecule has 31 heavy (non-hydrogen) atoms. The number of rotatable bonds is 7. The molecule has 4 aromatic rings. The number of para-hydroxylation sites is 1. The van der Waals surface area contributed by atoms with E-state index in [1.807, 2.05) is 0 Å². The molecule has 6 heteroatoms. The third-order valence-electron chi connectivity index (χ3n) is 5.02. The summed E-state index contributed by atoms with van der Waals surface area (Å²) in [6.45, 7) is 2.76. The lowest BCUT2D eigenvalue weighted by molar-refractivity contribution is 0.102. The van der Waals surface area contributed by atoms with Crippen LogP contribution in [-0.4, -0.2) is 19.6 Å². The van der Waals surface area contributed by atoms with Gasteiger partial charge in [0, 0.05) is 17.3 Å². The lowest BCUT2D eigenvalue weighted by Gasteiger charge is -2.09. The van der Waals surface area contributed by atoms with E-state index in [1.165, 1.54) is 7.11 Å². The second-order valence-corrected chi connectivity index (χ2v) is 7.16. The van der Waals surface area contributed by atoms with Crippen LogP contribution in [-0.2, 0) is 0 Å². The van der Waals surface area contributed by atoms with Gasteiger partial charge in [-0.3, -0.25) is 9.59 Å². The first-order chi connectivity index (χ1) is 15.1. The molecule has 1 N–H and O–H groups in total. The van der Waals surface area contributed by atoms with Crippen LogP contribution in [0.2, 0.25) is 0 Å². The van der Waals surface area contributed by atoms with Gasteiger partial charge in [-0.2, -0.15) is 0 Å². The molecule has 0 aliphatic heterocycles. The van der Waals surface area contributed by atoms with Crippen molar-refractivity contribution >= 4 is 33.5 Å². The van der Waals surface area contributed by atoms with Crippen molar-refractivity contribution in [1.82, 2.24) is 0 Å². The van der Waals surface area contributed by atoms with E-state index in [-0.39, 0.29) is 11.3 Å². The third-order valence-corrected chi connectivity index (χ3v) is 5.02. The maximum absolute atomic E-state index is 12.8. The highest BCUT2D eigenvalue weighted by atomic mass is 16.5. The minimum absolute atomic E-state index is 0.147. The number of anilines is 1. The summed E-state index contributed by atoms with van der Waals surface area (Å²) in [6.07, 6.45) is 2.05. The molecule has 0 atom stereocenters. The largest absolute Gasteiger partial charge is 0.494 e. The van der Waals surface area contributed by atoms with Crippen LogP contribution >= 0.6 is 0 Å². The zero-order valence-electron chi connectivity index (χ0n) is 17.4. The molecule has 0 spiro atoms. The molecular formula is C25H23NO5. The number of benzene rings is 3. The maximum atomic E-state index is 12.8. The molecule has 1 heterocycles. The van der Waals surface area contributed by atoms with Crippen molar-refractivity contribution in [1.29, 1.82) is 0 Å². The van der Waals surface area contributed by atoms with Crippen molar-refractivity contribution in [3.8, 4) is 11.5 Å². The van der Waals surface area contributed by atoms with Crippen molar-refractivity contribution in [2.75, 3.05) is 19.0 Å². The number of nitrogens with one attached hydrogen (secondary N) is 1. The molecule has 0 saturated carbocycles. The van der Waals surface area contributed by atoms with E-state index >= 15 is 0 Å². The number of unbranched alkanes of at least 4 members (excludes halogenated alkanes) is 1. The van der Waals surface area contributed by atoms with E-state index in [1.54, 1.807) is 60.7 Å². The Morgan fingerprint density at radius 3 is 2.58 bits per heavy atom. The average molecular weight is 417 g/mol. The fourth-order valence-corrected chi connectivity index (χ4v) is 3.33. The minimum atomic E-state index is -0.264. The van der Waals surface area contributed by atoms with Crippen LogP contribution in [0, 0.1) is 0 Å². The van der Waals surface area contributed by atoms with Crippen LogP contribution in [0.25, 0.3) is 21.9 Å². The summed E-state index contributed by atoms with van der Waals surface area (Å²) >= 11 is 0. The van der Waals surface area contributed by atoms with E-state index in [0.717, 1.165) is 18.6 Å². The smallest absolute Gasteiger partial charge is 0.255 e. The highest BCUT2D eigenvalue weighted by molar-refractivity contribution is 6.05. The quantitative estimate of drug-likeness (QED) is 0.322. The number of carbonyl (C=O) groups is 1. The number of ether oxygens (including phenoxy) is 2. The van der Waals surface area contributed by atoms with Crippen LogP contribution in [0.5, 0.6) is 11.5 Å². The van der Waals surface area contributed by atoms with E-state index < -0.39 is 0 Å². The second kappa shape index (κ2) is 8.92. The molecule has 1 amide bonds. The van der Waals surface area contributed by atoms with Gasteiger partial charge in [-0.1, -0.05) is 19.4 Å². The molecule has 1 aromatic heterocycles. The first kappa shape index (κ1) is 20.5. The monoisotopic (exact) mass is 417 g/mol. The molecule has 0 fully saturated rings. The average Bonchev–Trinajstić information content (AvgIpc) is 2.79. The SMILES string of the molecule is CCCCOc1ccc(C(=O)Nc2ccc3c(=O)c4cccc(OC)c4oc3c2)cc1. The Morgan fingerprint density at radius 1 is 1.03 bits per heavy atom. The van der Waals surface area contributed by atoms with E-state index in [9.17, 15) is 9.59 Å². The van der Waals surface area contributed by atoms with Crippen LogP contribution in [0.1, 0.15) is 30.1 Å². The zero-order chi connectivity index (χ0) is 21.8. The first-order valence-corrected chi connectivity index (χ1v) is 10.2. The van der Waals surface area contributed by atoms with Gasteiger partial charge in [0.2, 0.25) is 5.43 Å². The standard InChI is InChI=1S/C25H23NO5/c1-3-4-14-30-18-11-8-16(9-12-18)25(28)26-17-10-13-19-22(15-17)31-24-20(23(19)27)6-5-7-21(24)29-2/h5-13,15H,3-4,14H2,1-2H3,(H,26,28). The second-order valence-electron chi connectivity index (χ2n) is 7.16. The summed E-state index contributed by atoms with van der Waals surface area (Å²) in [5.74, 6) is 0.950. The molecule has 0 aliphatic carbocycles. The summed E-state index contributed by atoms with van der Waals surface area (Å²) in [7, 11) is 1.52. The number of hydrogen-bond donors (Lipinski definition) is 1. The number of carbonyl (C=O) groups excluding carboxylic acids is 1. The molecule has 0 radical (unpaired) electrons. The van der Waals surface area contributed by atoms with Crippen molar-refractivity contribution in [3.63, 3.8) is 0 Å². The Morgan fingerprint density at radius 2 is 1.84 bits per heavy atom. The van der Waals surface area contributed by atoms with Gasteiger partial charge in [0.25, 0.3) is 5.91 Å². The lowest BCUT2D eigenvalue weighted by Crippen LogP contribution is -2.12. The Balaban J connectivity index is 1.59. The lowest BCUT2D eigenvalue weighted by atomic mass is 10.1. The normalized spacial score (nSPS) is 10.9. The summed E-state index contributed by atoms with van der Waals surface area (Å²) in [6, 6.07) is 17.2. The van der Waals surface area contributed by atoms with E-state index in [2.05, 4.69) is 12.2 Å². The fraction of sp³-hybridized carbons (Fsp3) is 0.200. The predicted octanol–water partition coefficient (Wildman–Crippen LogP) is 5.39. The highest BCUT2D eigenvalue weighted by Crippen LogP contribution is 2.28. The molecule has 4 rings (SSSR count). The third kappa shape index (κ3) is 4.23. The van der Waals surface area contributed by atoms with Gasteiger partial charge in [-0.25, -0.2) is 0 Å². The molecule has 3 aromatic carbocycles. The summed E-state index contributed by atoms with van der Waals surface area (Å²) < 4.78 is 16.9. The predicted molar refractivity (Wildman–Crippen MR) is 121 cm³/mol. The molecule has 0 aliphatic rings. The minimum Gasteiger partial charge on any atom is -0.494 e. The Labute approximate surface area is 179 Å². The number of fused-ring (bicyclic) bond motifs is 2. The van der Waals surface area contributed by atoms with Crippen LogP contribution < -0.4 is 20.2 Å². The fourth-order valence-electron chi connectivity index (χ4n) is 3.33. The van der Waals surface area contributed by atoms with Crippen LogP contribution in [0.4, 0.5) is 5.69 Å². The molecule has 0 unspecified atom stereocenters. The summed E-state index contributed by atoms with van der Waals surface area (Å²) in [4.78, 5) is 25.5.